The molecule has 8 heteroatoms. The first-order chi connectivity index (χ1) is 10.6. The van der Waals surface area contributed by atoms with Gasteiger partial charge in [-0.15, -0.1) is 0 Å². The number of hydrogen-bond acceptors (Lipinski definition) is 6. The molecule has 0 aliphatic heterocycles. The highest BCUT2D eigenvalue weighted by atomic mass is 16.5. The first kappa shape index (κ1) is 16.0. The number of nitrogens with zero attached hydrogens (tertiary/aromatic N) is 4. The SMILES string of the molecule is CCNC(=NCc1cc(C(C)C)no1)NCc1nc(C)no1. The summed E-state index contributed by atoms with van der Waals surface area (Å²) in [5.74, 6) is 2.86. The van der Waals surface area contributed by atoms with Crippen molar-refractivity contribution in [1.29, 1.82) is 0 Å². The second-order valence-electron chi connectivity index (χ2n) is 5.16. The zero-order chi connectivity index (χ0) is 15.9. The molecule has 2 aromatic rings. The number of hydrogen-bond donors (Lipinski definition) is 2. The zero-order valence-electron chi connectivity index (χ0n) is 13.4. The molecule has 0 radical (unpaired) electrons. The molecule has 0 aromatic carbocycles. The lowest BCUT2D eigenvalue weighted by Crippen LogP contribution is -2.36. The number of nitrogens with one attached hydrogen (secondary N) is 2. The fraction of sp³-hybridized carbons (Fsp3) is 0.571. The minimum atomic E-state index is 0.341. The predicted molar refractivity (Wildman–Crippen MR) is 81.3 cm³/mol. The van der Waals surface area contributed by atoms with Crippen molar-refractivity contribution in [3.8, 4) is 0 Å². The van der Waals surface area contributed by atoms with Gasteiger partial charge in [0.15, 0.2) is 17.5 Å². The summed E-state index contributed by atoms with van der Waals surface area (Å²) in [7, 11) is 0. The normalized spacial score (nSPS) is 12.0. The van der Waals surface area contributed by atoms with Crippen LogP contribution in [0.4, 0.5) is 0 Å². The van der Waals surface area contributed by atoms with E-state index >= 15 is 0 Å². The molecule has 0 aliphatic carbocycles. The number of aryl methyl sites for hydroxylation is 1. The summed E-state index contributed by atoms with van der Waals surface area (Å²) < 4.78 is 10.3. The van der Waals surface area contributed by atoms with Gasteiger partial charge >= 0.3 is 0 Å². The van der Waals surface area contributed by atoms with Crippen molar-refractivity contribution in [3.63, 3.8) is 0 Å². The molecule has 2 aromatic heterocycles. The molecular formula is C14H22N6O2. The lowest BCUT2D eigenvalue weighted by molar-refractivity contribution is 0.370. The monoisotopic (exact) mass is 306 g/mol. The second kappa shape index (κ2) is 7.58. The third-order valence-corrected chi connectivity index (χ3v) is 2.88. The summed E-state index contributed by atoms with van der Waals surface area (Å²) in [6.07, 6.45) is 0. The number of rotatable bonds is 6. The Morgan fingerprint density at radius 3 is 2.68 bits per heavy atom. The van der Waals surface area contributed by atoms with Gasteiger partial charge in [-0.3, -0.25) is 0 Å². The molecule has 120 valence electrons. The number of guanidine groups is 1. The topological polar surface area (TPSA) is 101 Å². The highest BCUT2D eigenvalue weighted by Crippen LogP contribution is 2.14. The van der Waals surface area contributed by atoms with Crippen molar-refractivity contribution < 1.29 is 9.05 Å². The molecule has 8 nitrogen and oxygen atoms in total. The molecule has 0 atom stereocenters. The Bertz CT molecular complexity index is 616. The molecule has 0 bridgehead atoms. The van der Waals surface area contributed by atoms with Gasteiger partial charge in [0.05, 0.1) is 12.2 Å². The van der Waals surface area contributed by atoms with Crippen LogP contribution in [0.3, 0.4) is 0 Å². The van der Waals surface area contributed by atoms with Gasteiger partial charge < -0.3 is 19.7 Å². The third kappa shape index (κ3) is 4.57. The van der Waals surface area contributed by atoms with Gasteiger partial charge in [-0.25, -0.2) is 4.99 Å². The van der Waals surface area contributed by atoms with Crippen molar-refractivity contribution in [2.24, 2.45) is 4.99 Å². The quantitative estimate of drug-likeness (QED) is 0.619. The minimum absolute atomic E-state index is 0.341. The van der Waals surface area contributed by atoms with Crippen LogP contribution in [0, 0.1) is 6.92 Å². The summed E-state index contributed by atoms with van der Waals surface area (Å²) in [5.41, 5.74) is 0.935. The van der Waals surface area contributed by atoms with Gasteiger partial charge in [-0.2, -0.15) is 4.98 Å². The van der Waals surface area contributed by atoms with Crippen molar-refractivity contribution in [2.45, 2.75) is 46.7 Å². The molecule has 0 amide bonds. The summed E-state index contributed by atoms with van der Waals surface area (Å²) >= 11 is 0. The van der Waals surface area contributed by atoms with E-state index in [0.29, 0.717) is 36.7 Å². The Morgan fingerprint density at radius 1 is 1.27 bits per heavy atom. The van der Waals surface area contributed by atoms with Crippen LogP contribution < -0.4 is 10.6 Å². The summed E-state index contributed by atoms with van der Waals surface area (Å²) in [6, 6.07) is 1.93. The summed E-state index contributed by atoms with van der Waals surface area (Å²) in [4.78, 5) is 8.58. The van der Waals surface area contributed by atoms with Crippen LogP contribution in [0.25, 0.3) is 0 Å². The molecule has 2 heterocycles. The van der Waals surface area contributed by atoms with Crippen molar-refractivity contribution >= 4 is 5.96 Å². The fourth-order valence-corrected chi connectivity index (χ4v) is 1.75. The number of aromatic nitrogens is 3. The highest BCUT2D eigenvalue weighted by molar-refractivity contribution is 5.79. The first-order valence-electron chi connectivity index (χ1n) is 7.35. The molecule has 0 saturated heterocycles. The predicted octanol–water partition coefficient (Wildman–Crippen LogP) is 1.74. The van der Waals surface area contributed by atoms with E-state index in [1.807, 2.05) is 13.0 Å². The summed E-state index contributed by atoms with van der Waals surface area (Å²) in [5, 5.41) is 14.0. The molecule has 0 saturated carbocycles. The van der Waals surface area contributed by atoms with E-state index in [0.717, 1.165) is 18.0 Å². The van der Waals surface area contributed by atoms with Crippen LogP contribution in [-0.2, 0) is 13.1 Å². The van der Waals surface area contributed by atoms with Crippen LogP contribution in [0.1, 0.15) is 49.9 Å². The van der Waals surface area contributed by atoms with Crippen molar-refractivity contribution in [2.75, 3.05) is 6.54 Å². The van der Waals surface area contributed by atoms with Crippen LogP contribution in [0.5, 0.6) is 0 Å². The lowest BCUT2D eigenvalue weighted by atomic mass is 10.1. The van der Waals surface area contributed by atoms with Gasteiger partial charge in [0.25, 0.3) is 0 Å². The Labute approximate surface area is 129 Å². The average molecular weight is 306 g/mol. The second-order valence-corrected chi connectivity index (χ2v) is 5.16. The van der Waals surface area contributed by atoms with Crippen LogP contribution in [-0.4, -0.2) is 27.8 Å². The Hall–Kier alpha value is -2.38. The van der Waals surface area contributed by atoms with Gasteiger partial charge in [-0.1, -0.05) is 24.2 Å². The van der Waals surface area contributed by atoms with Gasteiger partial charge in [-0.05, 0) is 19.8 Å². The minimum Gasteiger partial charge on any atom is -0.359 e. The van der Waals surface area contributed by atoms with E-state index in [9.17, 15) is 0 Å². The lowest BCUT2D eigenvalue weighted by Gasteiger charge is -2.08. The van der Waals surface area contributed by atoms with E-state index in [1.165, 1.54) is 0 Å². The van der Waals surface area contributed by atoms with E-state index in [-0.39, 0.29) is 0 Å². The largest absolute Gasteiger partial charge is 0.359 e. The average Bonchev–Trinajstić information content (AvgIpc) is 3.11. The van der Waals surface area contributed by atoms with Crippen LogP contribution in [0.15, 0.2) is 20.1 Å². The maximum Gasteiger partial charge on any atom is 0.246 e. The molecule has 2 rings (SSSR count). The smallest absolute Gasteiger partial charge is 0.246 e. The maximum atomic E-state index is 5.27. The van der Waals surface area contributed by atoms with Gasteiger partial charge in [0.1, 0.15) is 6.54 Å². The molecular weight excluding hydrogens is 284 g/mol. The van der Waals surface area contributed by atoms with Crippen LogP contribution in [0.2, 0.25) is 0 Å². The van der Waals surface area contributed by atoms with Crippen molar-refractivity contribution in [1.82, 2.24) is 25.9 Å². The van der Waals surface area contributed by atoms with Crippen molar-refractivity contribution in [3.05, 3.63) is 29.2 Å². The summed E-state index contributed by atoms with van der Waals surface area (Å²) in [6.45, 7) is 9.51. The molecule has 2 N–H and O–H groups in total. The number of aliphatic imine (C=N–C) groups is 1. The third-order valence-electron chi connectivity index (χ3n) is 2.88. The Morgan fingerprint density at radius 2 is 2.09 bits per heavy atom. The molecule has 0 fully saturated rings. The van der Waals surface area contributed by atoms with E-state index in [2.05, 4.69) is 44.8 Å². The molecule has 22 heavy (non-hydrogen) atoms. The van der Waals surface area contributed by atoms with Gasteiger partial charge in [0.2, 0.25) is 5.89 Å². The zero-order valence-corrected chi connectivity index (χ0v) is 13.4. The highest BCUT2D eigenvalue weighted by Gasteiger charge is 2.08. The van der Waals surface area contributed by atoms with E-state index in [1.54, 1.807) is 6.92 Å². The van der Waals surface area contributed by atoms with Gasteiger partial charge in [0, 0.05) is 12.6 Å². The Balaban J connectivity index is 1.93. The fourth-order valence-electron chi connectivity index (χ4n) is 1.75. The van der Waals surface area contributed by atoms with E-state index in [4.69, 9.17) is 9.05 Å². The first-order valence-corrected chi connectivity index (χ1v) is 7.35. The molecule has 0 unspecified atom stereocenters. The van der Waals surface area contributed by atoms with E-state index < -0.39 is 0 Å². The Kier molecular flexibility index (Phi) is 5.51. The molecule has 0 aliphatic rings. The standard InChI is InChI=1S/C14H22N6O2/c1-5-15-14(17-8-13-18-10(4)19-22-13)16-7-11-6-12(9(2)3)20-21-11/h6,9H,5,7-8H2,1-4H3,(H2,15,16,17). The molecule has 0 spiro atoms. The van der Waals surface area contributed by atoms with Crippen LogP contribution >= 0.6 is 0 Å². The maximum absolute atomic E-state index is 5.27.